The van der Waals surface area contributed by atoms with Crippen molar-refractivity contribution in [1.82, 2.24) is 0 Å². The number of rotatable bonds is 7. The molecule has 0 fully saturated rings. The molecule has 5 heteroatoms. The van der Waals surface area contributed by atoms with Crippen molar-refractivity contribution >= 4 is 11.8 Å². The second-order valence-electron chi connectivity index (χ2n) is 6.91. The van der Waals surface area contributed by atoms with Crippen molar-refractivity contribution in [2.45, 2.75) is 18.4 Å². The molecule has 0 unspecified atom stereocenters. The minimum absolute atomic E-state index is 0.151. The molecule has 5 nitrogen and oxygen atoms in total. The quantitative estimate of drug-likeness (QED) is 0.575. The number of fused-ring (bicyclic) bond motifs is 1. The van der Waals surface area contributed by atoms with E-state index >= 15 is 0 Å². The molecule has 3 aromatic carbocycles. The summed E-state index contributed by atoms with van der Waals surface area (Å²) in [6, 6.07) is 25.1. The Morgan fingerprint density at radius 2 is 1.55 bits per heavy atom. The number of aliphatic hydroxyl groups excluding tert-OH is 1. The van der Waals surface area contributed by atoms with E-state index in [9.17, 15) is 4.79 Å². The van der Waals surface area contributed by atoms with Gasteiger partial charge in [0.15, 0.2) is 5.60 Å². The molecule has 0 spiro atoms. The van der Waals surface area contributed by atoms with E-state index in [0.717, 1.165) is 23.1 Å². The Bertz CT molecular complexity index is 933. The van der Waals surface area contributed by atoms with Crippen molar-refractivity contribution in [3.05, 3.63) is 95.6 Å². The van der Waals surface area contributed by atoms with E-state index in [1.165, 1.54) is 0 Å². The normalized spacial score (nSPS) is 14.4. The first-order valence-electron chi connectivity index (χ1n) is 9.73. The van der Waals surface area contributed by atoms with Gasteiger partial charge in [0.05, 0.1) is 12.3 Å². The second kappa shape index (κ2) is 8.37. The van der Waals surface area contributed by atoms with Crippen LogP contribution in [0.5, 0.6) is 5.75 Å². The van der Waals surface area contributed by atoms with E-state index in [0.29, 0.717) is 24.5 Å². The fourth-order valence-corrected chi connectivity index (χ4v) is 3.69. The van der Waals surface area contributed by atoms with Gasteiger partial charge < -0.3 is 14.6 Å². The Hall–Kier alpha value is -3.31. The average Bonchev–Trinajstić information content (AvgIpc) is 2.77. The first kappa shape index (κ1) is 19.0. The van der Waals surface area contributed by atoms with Crippen LogP contribution in [-0.2, 0) is 10.3 Å². The number of nitrogens with one attached hydrogen (secondary N) is 1. The Morgan fingerprint density at radius 1 is 0.897 bits per heavy atom. The number of hydrogen-bond donors (Lipinski definition) is 2. The molecule has 0 radical (unpaired) electrons. The van der Waals surface area contributed by atoms with Crippen LogP contribution < -0.4 is 10.1 Å². The molecule has 2 N–H and O–H groups in total. The molecule has 0 saturated carbocycles. The molecule has 1 amide bonds. The number of aliphatic hydroxyl groups is 1. The van der Waals surface area contributed by atoms with E-state index in [-0.39, 0.29) is 6.61 Å². The highest BCUT2D eigenvalue weighted by Gasteiger charge is 2.45. The number of benzene rings is 3. The van der Waals surface area contributed by atoms with E-state index < -0.39 is 11.7 Å². The summed E-state index contributed by atoms with van der Waals surface area (Å²) in [5.74, 6) is 0.692. The number of hydrogen-bond acceptors (Lipinski definition) is 4. The van der Waals surface area contributed by atoms with Crippen molar-refractivity contribution in [2.24, 2.45) is 0 Å². The average molecular weight is 389 g/mol. The summed E-state index contributed by atoms with van der Waals surface area (Å²) >= 11 is 0. The molecule has 0 aliphatic carbocycles. The molecule has 29 heavy (non-hydrogen) atoms. The summed E-state index contributed by atoms with van der Waals surface area (Å²) in [5.41, 5.74) is 2.15. The fourth-order valence-electron chi connectivity index (χ4n) is 3.69. The van der Waals surface area contributed by atoms with Gasteiger partial charge in [-0.1, -0.05) is 60.7 Å². The van der Waals surface area contributed by atoms with Crippen molar-refractivity contribution in [3.8, 4) is 5.75 Å². The molecule has 4 rings (SSSR count). The van der Waals surface area contributed by atoms with E-state index in [1.54, 1.807) is 0 Å². The second-order valence-corrected chi connectivity index (χ2v) is 6.91. The molecule has 0 saturated heterocycles. The molecule has 0 aromatic heterocycles. The van der Waals surface area contributed by atoms with Gasteiger partial charge in [-0.2, -0.15) is 0 Å². The highest BCUT2D eigenvalue weighted by atomic mass is 16.6. The lowest BCUT2D eigenvalue weighted by Gasteiger charge is -2.39. The van der Waals surface area contributed by atoms with Crippen LogP contribution in [0.3, 0.4) is 0 Å². The predicted octanol–water partition coefficient (Wildman–Crippen LogP) is 4.69. The lowest BCUT2D eigenvalue weighted by Crippen LogP contribution is -2.41. The molecule has 1 heterocycles. The maximum absolute atomic E-state index is 12.5. The molecule has 1 aliphatic rings. The molecular weight excluding hydrogens is 366 g/mol. The highest BCUT2D eigenvalue weighted by Crippen LogP contribution is 2.47. The summed E-state index contributed by atoms with van der Waals surface area (Å²) < 4.78 is 11.9. The van der Waals surface area contributed by atoms with Gasteiger partial charge in [0.1, 0.15) is 5.75 Å². The summed E-state index contributed by atoms with van der Waals surface area (Å²) in [7, 11) is 0. The molecule has 0 atom stereocenters. The van der Waals surface area contributed by atoms with Crippen molar-refractivity contribution < 1.29 is 19.4 Å². The van der Waals surface area contributed by atoms with Gasteiger partial charge in [-0.15, -0.1) is 0 Å². The van der Waals surface area contributed by atoms with Crippen molar-refractivity contribution in [3.63, 3.8) is 0 Å². The van der Waals surface area contributed by atoms with Crippen LogP contribution in [0.25, 0.3) is 0 Å². The number of cyclic esters (lactones) is 1. The topological polar surface area (TPSA) is 67.8 Å². The predicted molar refractivity (Wildman–Crippen MR) is 111 cm³/mol. The summed E-state index contributed by atoms with van der Waals surface area (Å²) in [6.07, 6.45) is 0.965. The zero-order chi connectivity index (χ0) is 20.1. The monoisotopic (exact) mass is 389 g/mol. The van der Waals surface area contributed by atoms with E-state index in [2.05, 4.69) is 5.32 Å². The molecule has 148 valence electrons. The van der Waals surface area contributed by atoms with E-state index in [4.69, 9.17) is 14.6 Å². The van der Waals surface area contributed by atoms with Crippen LogP contribution in [0.15, 0.2) is 78.9 Å². The van der Waals surface area contributed by atoms with Crippen LogP contribution in [0.1, 0.15) is 29.5 Å². The molecule has 3 aromatic rings. The maximum atomic E-state index is 12.5. The van der Waals surface area contributed by atoms with Crippen LogP contribution in [0.4, 0.5) is 10.5 Å². The minimum atomic E-state index is -1.08. The summed E-state index contributed by atoms with van der Waals surface area (Å²) in [6.45, 7) is 0.661. The van der Waals surface area contributed by atoms with Crippen LogP contribution in [0.2, 0.25) is 0 Å². The first-order valence-corrected chi connectivity index (χ1v) is 9.73. The Labute approximate surface area is 169 Å². The zero-order valence-electron chi connectivity index (χ0n) is 16.0. The lowest BCUT2D eigenvalue weighted by atomic mass is 9.78. The van der Waals surface area contributed by atoms with Gasteiger partial charge in [-0.25, -0.2) is 4.79 Å². The summed E-state index contributed by atoms with van der Waals surface area (Å²) in [5, 5.41) is 11.8. The first-order chi connectivity index (χ1) is 14.2. The minimum Gasteiger partial charge on any atom is -0.494 e. The Balaban J connectivity index is 1.85. The summed E-state index contributed by atoms with van der Waals surface area (Å²) in [4.78, 5) is 12.5. The SMILES string of the molecule is O=C1Nc2ccc(OCCCCO)cc2C(c2ccccc2)(c2ccccc2)O1. The number of anilines is 1. The molecular formula is C24H23NO4. The Morgan fingerprint density at radius 3 is 2.17 bits per heavy atom. The maximum Gasteiger partial charge on any atom is 0.413 e. The third kappa shape index (κ3) is 3.69. The lowest BCUT2D eigenvalue weighted by molar-refractivity contribution is 0.0736. The third-order valence-electron chi connectivity index (χ3n) is 5.03. The largest absolute Gasteiger partial charge is 0.494 e. The number of carbonyl (C=O) groups excluding carboxylic acids is 1. The fraction of sp³-hybridized carbons (Fsp3) is 0.208. The number of carbonyl (C=O) groups is 1. The van der Waals surface area contributed by atoms with Gasteiger partial charge in [0.2, 0.25) is 0 Å². The standard InChI is InChI=1S/C24H23NO4/c26-15-7-8-16-28-20-13-14-22-21(17-20)24(29-23(27)25-22,18-9-3-1-4-10-18)19-11-5-2-6-12-19/h1-6,9-14,17,26H,7-8,15-16H2,(H,25,27). The van der Waals surface area contributed by atoms with Crippen LogP contribution in [-0.4, -0.2) is 24.4 Å². The van der Waals surface area contributed by atoms with Crippen LogP contribution >= 0.6 is 0 Å². The van der Waals surface area contributed by atoms with Gasteiger partial charge in [0, 0.05) is 23.3 Å². The smallest absolute Gasteiger partial charge is 0.413 e. The molecule has 0 bridgehead atoms. The van der Waals surface area contributed by atoms with Gasteiger partial charge in [-0.3, -0.25) is 5.32 Å². The van der Waals surface area contributed by atoms with E-state index in [1.807, 2.05) is 78.9 Å². The zero-order valence-corrected chi connectivity index (χ0v) is 16.0. The molecule has 1 aliphatic heterocycles. The third-order valence-corrected chi connectivity index (χ3v) is 5.03. The number of unbranched alkanes of at least 4 members (excludes halogenated alkanes) is 1. The van der Waals surface area contributed by atoms with Crippen LogP contribution in [0, 0.1) is 0 Å². The Kier molecular flexibility index (Phi) is 5.49. The number of amides is 1. The van der Waals surface area contributed by atoms with Gasteiger partial charge >= 0.3 is 6.09 Å². The number of ether oxygens (including phenoxy) is 2. The van der Waals surface area contributed by atoms with Gasteiger partial charge in [0.25, 0.3) is 0 Å². The van der Waals surface area contributed by atoms with Gasteiger partial charge in [-0.05, 0) is 31.0 Å². The van der Waals surface area contributed by atoms with Crippen molar-refractivity contribution in [2.75, 3.05) is 18.5 Å². The van der Waals surface area contributed by atoms with Crippen molar-refractivity contribution in [1.29, 1.82) is 0 Å². The highest BCUT2D eigenvalue weighted by molar-refractivity contribution is 5.90.